The molecule has 0 spiro atoms. The highest BCUT2D eigenvalue weighted by molar-refractivity contribution is 5.99. The van der Waals surface area contributed by atoms with Crippen LogP contribution in [0.15, 0.2) is 42.7 Å². The first-order chi connectivity index (χ1) is 13.6. The van der Waals surface area contributed by atoms with Crippen LogP contribution in [0.25, 0.3) is 0 Å². The fourth-order valence-corrected chi connectivity index (χ4v) is 3.04. The summed E-state index contributed by atoms with van der Waals surface area (Å²) >= 11 is 0. The minimum Gasteiger partial charge on any atom is -0.496 e. The second-order valence-corrected chi connectivity index (χ2v) is 6.57. The van der Waals surface area contributed by atoms with Gasteiger partial charge in [0.1, 0.15) is 5.75 Å². The molecular weight excluding hydrogens is 354 g/mol. The Morgan fingerprint density at radius 2 is 1.75 bits per heavy atom. The lowest BCUT2D eigenvalue weighted by Gasteiger charge is -2.21. The predicted octanol–water partition coefficient (Wildman–Crippen LogP) is 3.32. The molecule has 28 heavy (non-hydrogen) atoms. The Labute approximate surface area is 166 Å². The molecule has 0 fully saturated rings. The number of carbonyl (C=O) groups is 2. The number of rotatable bonds is 10. The van der Waals surface area contributed by atoms with Crippen molar-refractivity contribution in [3.63, 3.8) is 0 Å². The molecule has 0 unspecified atom stereocenters. The van der Waals surface area contributed by atoms with Gasteiger partial charge < -0.3 is 15.0 Å². The summed E-state index contributed by atoms with van der Waals surface area (Å²) in [7, 11) is 1.63. The standard InChI is InChI=1S/C22H29N3O3/c1-4-12-25(13-5-2)22(27)19-14-18(15-23-16-19)21(26)24-11-10-17-8-6-7-9-20(17)28-3/h6-9,14-16H,4-5,10-13H2,1-3H3,(H,24,26). The Morgan fingerprint density at radius 3 is 2.43 bits per heavy atom. The molecule has 0 aliphatic heterocycles. The fourth-order valence-electron chi connectivity index (χ4n) is 3.04. The van der Waals surface area contributed by atoms with Crippen LogP contribution < -0.4 is 10.1 Å². The summed E-state index contributed by atoms with van der Waals surface area (Å²) in [6, 6.07) is 9.34. The van der Waals surface area contributed by atoms with Crippen LogP contribution in [0, 0.1) is 0 Å². The number of aromatic nitrogens is 1. The molecule has 150 valence electrons. The summed E-state index contributed by atoms with van der Waals surface area (Å²) in [5.74, 6) is 0.479. The minimum atomic E-state index is -0.241. The number of ether oxygens (including phenoxy) is 1. The van der Waals surface area contributed by atoms with Gasteiger partial charge in [-0.15, -0.1) is 0 Å². The predicted molar refractivity (Wildman–Crippen MR) is 110 cm³/mol. The molecule has 1 N–H and O–H groups in total. The summed E-state index contributed by atoms with van der Waals surface area (Å²) in [4.78, 5) is 31.1. The third kappa shape index (κ3) is 5.81. The molecule has 0 radical (unpaired) electrons. The van der Waals surface area contributed by atoms with Gasteiger partial charge in [0, 0.05) is 32.0 Å². The van der Waals surface area contributed by atoms with Crippen LogP contribution in [-0.4, -0.2) is 48.4 Å². The van der Waals surface area contributed by atoms with Gasteiger partial charge in [-0.05, 0) is 37.0 Å². The summed E-state index contributed by atoms with van der Waals surface area (Å²) in [5.41, 5.74) is 1.86. The van der Waals surface area contributed by atoms with Crippen molar-refractivity contribution in [2.24, 2.45) is 0 Å². The number of pyridine rings is 1. The number of methoxy groups -OCH3 is 1. The monoisotopic (exact) mass is 383 g/mol. The van der Waals surface area contributed by atoms with Crippen LogP contribution >= 0.6 is 0 Å². The summed E-state index contributed by atoms with van der Waals surface area (Å²) in [6.07, 6.45) is 5.44. The van der Waals surface area contributed by atoms with Crippen molar-refractivity contribution in [2.75, 3.05) is 26.7 Å². The molecule has 0 atom stereocenters. The largest absolute Gasteiger partial charge is 0.496 e. The van der Waals surface area contributed by atoms with Gasteiger partial charge in [0.05, 0.1) is 18.2 Å². The molecule has 6 heteroatoms. The molecule has 2 aromatic rings. The van der Waals surface area contributed by atoms with E-state index in [0.29, 0.717) is 37.2 Å². The van der Waals surface area contributed by atoms with E-state index in [1.807, 2.05) is 38.1 Å². The van der Waals surface area contributed by atoms with Crippen molar-refractivity contribution in [3.05, 3.63) is 59.4 Å². The zero-order valence-electron chi connectivity index (χ0n) is 16.9. The zero-order chi connectivity index (χ0) is 20.4. The first kappa shape index (κ1) is 21.4. The van der Waals surface area contributed by atoms with Crippen LogP contribution in [0.1, 0.15) is 53.0 Å². The van der Waals surface area contributed by atoms with E-state index >= 15 is 0 Å². The van der Waals surface area contributed by atoms with Gasteiger partial charge in [-0.3, -0.25) is 14.6 Å². The Kier molecular flexibility index (Phi) is 8.46. The van der Waals surface area contributed by atoms with Gasteiger partial charge in [0.15, 0.2) is 0 Å². The average molecular weight is 383 g/mol. The third-order valence-electron chi connectivity index (χ3n) is 4.39. The lowest BCUT2D eigenvalue weighted by Crippen LogP contribution is -2.33. The molecule has 0 saturated heterocycles. The van der Waals surface area contributed by atoms with Crippen molar-refractivity contribution in [3.8, 4) is 5.75 Å². The third-order valence-corrected chi connectivity index (χ3v) is 4.39. The number of amides is 2. The molecule has 6 nitrogen and oxygen atoms in total. The molecule has 0 saturated carbocycles. The number of carbonyl (C=O) groups excluding carboxylic acids is 2. The molecule has 2 amide bonds. The zero-order valence-corrected chi connectivity index (χ0v) is 16.9. The minimum absolute atomic E-state index is 0.0835. The van der Waals surface area contributed by atoms with Crippen LogP contribution in [0.4, 0.5) is 0 Å². The van der Waals surface area contributed by atoms with E-state index in [1.54, 1.807) is 18.1 Å². The summed E-state index contributed by atoms with van der Waals surface area (Å²) in [5, 5.41) is 2.89. The molecular formula is C22H29N3O3. The number of hydrogen-bond acceptors (Lipinski definition) is 4. The van der Waals surface area contributed by atoms with Crippen molar-refractivity contribution >= 4 is 11.8 Å². The van der Waals surface area contributed by atoms with E-state index in [1.165, 1.54) is 12.4 Å². The number of benzene rings is 1. The first-order valence-corrected chi connectivity index (χ1v) is 9.75. The van der Waals surface area contributed by atoms with Gasteiger partial charge in [-0.25, -0.2) is 0 Å². The average Bonchev–Trinajstić information content (AvgIpc) is 2.73. The SMILES string of the molecule is CCCN(CCC)C(=O)c1cncc(C(=O)NCCc2ccccc2OC)c1. The molecule has 1 heterocycles. The number of para-hydroxylation sites is 1. The fraction of sp³-hybridized carbons (Fsp3) is 0.409. The van der Waals surface area contributed by atoms with Gasteiger partial charge in [-0.1, -0.05) is 32.0 Å². The van der Waals surface area contributed by atoms with Crippen molar-refractivity contribution in [2.45, 2.75) is 33.1 Å². The van der Waals surface area contributed by atoms with Crippen LogP contribution in [0.3, 0.4) is 0 Å². The van der Waals surface area contributed by atoms with Crippen LogP contribution in [0.2, 0.25) is 0 Å². The Balaban J connectivity index is 2.00. The lowest BCUT2D eigenvalue weighted by atomic mass is 10.1. The van der Waals surface area contributed by atoms with Crippen LogP contribution in [-0.2, 0) is 6.42 Å². The van der Waals surface area contributed by atoms with Crippen LogP contribution in [0.5, 0.6) is 5.75 Å². The van der Waals surface area contributed by atoms with E-state index in [2.05, 4.69) is 10.3 Å². The highest BCUT2D eigenvalue weighted by atomic mass is 16.5. The number of nitrogens with zero attached hydrogens (tertiary/aromatic N) is 2. The first-order valence-electron chi connectivity index (χ1n) is 9.75. The summed E-state index contributed by atoms with van der Waals surface area (Å²) < 4.78 is 5.33. The lowest BCUT2D eigenvalue weighted by molar-refractivity contribution is 0.0755. The molecule has 1 aromatic carbocycles. The van der Waals surface area contributed by atoms with E-state index in [4.69, 9.17) is 4.74 Å². The Bertz CT molecular complexity index is 786. The van der Waals surface area contributed by atoms with E-state index in [9.17, 15) is 9.59 Å². The van der Waals surface area contributed by atoms with Crippen molar-refractivity contribution < 1.29 is 14.3 Å². The van der Waals surface area contributed by atoms with Gasteiger partial charge in [0.25, 0.3) is 11.8 Å². The molecule has 2 rings (SSSR count). The van der Waals surface area contributed by atoms with Gasteiger partial charge in [-0.2, -0.15) is 0 Å². The topological polar surface area (TPSA) is 71.5 Å². The maximum absolute atomic E-state index is 12.7. The quantitative estimate of drug-likeness (QED) is 0.683. The highest BCUT2D eigenvalue weighted by Gasteiger charge is 2.16. The van der Waals surface area contributed by atoms with Crippen molar-refractivity contribution in [1.29, 1.82) is 0 Å². The second-order valence-electron chi connectivity index (χ2n) is 6.57. The summed E-state index contributed by atoms with van der Waals surface area (Å²) in [6.45, 7) is 5.94. The maximum atomic E-state index is 12.7. The van der Waals surface area contributed by atoms with Gasteiger partial charge >= 0.3 is 0 Å². The smallest absolute Gasteiger partial charge is 0.255 e. The van der Waals surface area contributed by atoms with E-state index < -0.39 is 0 Å². The second kappa shape index (κ2) is 11.1. The van der Waals surface area contributed by atoms with Gasteiger partial charge in [0.2, 0.25) is 0 Å². The van der Waals surface area contributed by atoms with E-state index in [0.717, 1.165) is 24.2 Å². The molecule has 0 aliphatic rings. The molecule has 0 bridgehead atoms. The Morgan fingerprint density at radius 1 is 1.07 bits per heavy atom. The van der Waals surface area contributed by atoms with E-state index in [-0.39, 0.29) is 11.8 Å². The molecule has 0 aliphatic carbocycles. The van der Waals surface area contributed by atoms with Crippen molar-refractivity contribution in [1.82, 2.24) is 15.2 Å². The molecule has 1 aromatic heterocycles. The normalized spacial score (nSPS) is 10.4. The number of nitrogens with one attached hydrogen (secondary N) is 1. The maximum Gasteiger partial charge on any atom is 0.255 e. The Hall–Kier alpha value is -2.89. The number of hydrogen-bond donors (Lipinski definition) is 1. The highest BCUT2D eigenvalue weighted by Crippen LogP contribution is 2.17.